The molecule has 0 aromatic heterocycles. The first kappa shape index (κ1) is 24.6. The number of carbonyl (C=O) groups excluding carboxylic acids is 2. The summed E-state index contributed by atoms with van der Waals surface area (Å²) in [5.41, 5.74) is 1.74. The third kappa shape index (κ3) is 8.08. The Bertz CT molecular complexity index is 873. The SMILES string of the molecule is C=Cc1ccc(OCCCCCCCCCCOc2ccc(N3C(=O)CCC3=O)cc2)cc1. The largest absolute Gasteiger partial charge is 0.494 e. The maximum atomic E-state index is 11.8. The Kier molecular flexibility index (Phi) is 10.0. The van der Waals surface area contributed by atoms with E-state index in [0.29, 0.717) is 25.1 Å². The van der Waals surface area contributed by atoms with Gasteiger partial charge in [0.25, 0.3) is 0 Å². The average Bonchev–Trinajstić information content (AvgIpc) is 3.18. The van der Waals surface area contributed by atoms with Gasteiger partial charge in [0.2, 0.25) is 11.8 Å². The van der Waals surface area contributed by atoms with Gasteiger partial charge in [0.05, 0.1) is 18.9 Å². The quantitative estimate of drug-likeness (QED) is 0.228. The van der Waals surface area contributed by atoms with Crippen LogP contribution in [-0.4, -0.2) is 25.0 Å². The molecule has 0 atom stereocenters. The first-order valence-corrected chi connectivity index (χ1v) is 12.1. The molecule has 2 amide bonds. The van der Waals surface area contributed by atoms with Crippen molar-refractivity contribution in [1.82, 2.24) is 0 Å². The van der Waals surface area contributed by atoms with E-state index in [2.05, 4.69) is 6.58 Å². The van der Waals surface area contributed by atoms with Gasteiger partial charge in [-0.3, -0.25) is 14.5 Å². The second-order valence-electron chi connectivity index (χ2n) is 8.42. The van der Waals surface area contributed by atoms with Gasteiger partial charge in [-0.1, -0.05) is 63.3 Å². The summed E-state index contributed by atoms with van der Waals surface area (Å²) in [4.78, 5) is 24.8. The molecule has 5 heteroatoms. The zero-order valence-corrected chi connectivity index (χ0v) is 19.5. The molecule has 0 aliphatic carbocycles. The lowest BCUT2D eigenvalue weighted by Gasteiger charge is -2.14. The van der Waals surface area contributed by atoms with E-state index in [1.807, 2.05) is 42.5 Å². The molecule has 5 nitrogen and oxygen atoms in total. The van der Waals surface area contributed by atoms with Gasteiger partial charge in [-0.2, -0.15) is 0 Å². The summed E-state index contributed by atoms with van der Waals surface area (Å²) in [7, 11) is 0. The fraction of sp³-hybridized carbons (Fsp3) is 0.429. The molecule has 1 aliphatic heterocycles. The van der Waals surface area contributed by atoms with Crippen LogP contribution in [0, 0.1) is 0 Å². The van der Waals surface area contributed by atoms with Gasteiger partial charge in [0.15, 0.2) is 0 Å². The van der Waals surface area contributed by atoms with Crippen molar-refractivity contribution in [3.63, 3.8) is 0 Å². The first-order valence-electron chi connectivity index (χ1n) is 12.1. The van der Waals surface area contributed by atoms with Crippen LogP contribution in [0.3, 0.4) is 0 Å². The lowest BCUT2D eigenvalue weighted by Crippen LogP contribution is -2.28. The Morgan fingerprint density at radius 1 is 0.667 bits per heavy atom. The van der Waals surface area contributed by atoms with Crippen molar-refractivity contribution in [3.05, 3.63) is 60.7 Å². The van der Waals surface area contributed by atoms with E-state index in [0.717, 1.165) is 36.5 Å². The number of imide groups is 1. The highest BCUT2D eigenvalue weighted by Crippen LogP contribution is 2.25. The van der Waals surface area contributed by atoms with Gasteiger partial charge in [0, 0.05) is 12.8 Å². The van der Waals surface area contributed by atoms with Crippen LogP contribution in [0.2, 0.25) is 0 Å². The van der Waals surface area contributed by atoms with Crippen LogP contribution in [0.1, 0.15) is 69.8 Å². The molecule has 0 unspecified atom stereocenters. The van der Waals surface area contributed by atoms with E-state index in [1.165, 1.54) is 43.4 Å². The van der Waals surface area contributed by atoms with Crippen molar-refractivity contribution in [1.29, 1.82) is 0 Å². The van der Waals surface area contributed by atoms with Crippen molar-refractivity contribution in [2.75, 3.05) is 18.1 Å². The summed E-state index contributed by atoms with van der Waals surface area (Å²) in [5, 5.41) is 0. The molecule has 1 fully saturated rings. The van der Waals surface area contributed by atoms with Crippen molar-refractivity contribution < 1.29 is 19.1 Å². The number of amides is 2. The Balaban J connectivity index is 1.15. The lowest BCUT2D eigenvalue weighted by atomic mass is 10.1. The summed E-state index contributed by atoms with van der Waals surface area (Å²) in [6.45, 7) is 5.22. The summed E-state index contributed by atoms with van der Waals surface area (Å²) < 4.78 is 11.6. The molecule has 1 saturated heterocycles. The minimum atomic E-state index is -0.128. The Hall–Kier alpha value is -3.08. The highest BCUT2D eigenvalue weighted by atomic mass is 16.5. The number of benzene rings is 2. The monoisotopic (exact) mass is 449 g/mol. The van der Waals surface area contributed by atoms with E-state index >= 15 is 0 Å². The number of carbonyl (C=O) groups is 2. The summed E-state index contributed by atoms with van der Waals surface area (Å²) in [6, 6.07) is 15.2. The third-order valence-corrected chi connectivity index (χ3v) is 5.84. The number of hydrogen-bond donors (Lipinski definition) is 0. The van der Waals surface area contributed by atoms with E-state index < -0.39 is 0 Å². The molecule has 1 aliphatic rings. The highest BCUT2D eigenvalue weighted by molar-refractivity contribution is 6.19. The van der Waals surface area contributed by atoms with Crippen LogP contribution in [0.25, 0.3) is 6.08 Å². The summed E-state index contributed by atoms with van der Waals surface area (Å²) in [5.74, 6) is 1.45. The topological polar surface area (TPSA) is 55.8 Å². The van der Waals surface area contributed by atoms with E-state index in [9.17, 15) is 9.59 Å². The number of rotatable bonds is 15. The fourth-order valence-corrected chi connectivity index (χ4v) is 3.90. The van der Waals surface area contributed by atoms with Gasteiger partial charge in [-0.25, -0.2) is 0 Å². The van der Waals surface area contributed by atoms with Crippen molar-refractivity contribution in [3.8, 4) is 11.5 Å². The van der Waals surface area contributed by atoms with Gasteiger partial charge in [-0.05, 0) is 54.8 Å². The predicted octanol–water partition coefficient (Wildman–Crippen LogP) is 6.56. The Labute approximate surface area is 197 Å². The minimum absolute atomic E-state index is 0.128. The number of ether oxygens (including phenoxy) is 2. The summed E-state index contributed by atoms with van der Waals surface area (Å²) in [6.07, 6.45) is 11.9. The normalized spacial score (nSPS) is 13.4. The van der Waals surface area contributed by atoms with Crippen molar-refractivity contribution >= 4 is 23.6 Å². The molecule has 2 aromatic rings. The minimum Gasteiger partial charge on any atom is -0.494 e. The second-order valence-corrected chi connectivity index (χ2v) is 8.42. The second kappa shape index (κ2) is 13.5. The van der Waals surface area contributed by atoms with Gasteiger partial charge >= 0.3 is 0 Å². The van der Waals surface area contributed by atoms with Crippen LogP contribution in [0.4, 0.5) is 5.69 Å². The third-order valence-electron chi connectivity index (χ3n) is 5.84. The van der Waals surface area contributed by atoms with Gasteiger partial charge in [0.1, 0.15) is 11.5 Å². The molecule has 0 bridgehead atoms. The molecular formula is C28H35NO4. The molecule has 176 valence electrons. The fourth-order valence-electron chi connectivity index (χ4n) is 3.90. The highest BCUT2D eigenvalue weighted by Gasteiger charge is 2.30. The van der Waals surface area contributed by atoms with Crippen LogP contribution < -0.4 is 14.4 Å². The van der Waals surface area contributed by atoms with Crippen LogP contribution in [-0.2, 0) is 9.59 Å². The molecule has 0 N–H and O–H groups in total. The van der Waals surface area contributed by atoms with Crippen LogP contribution in [0.15, 0.2) is 55.1 Å². The Morgan fingerprint density at radius 2 is 1.09 bits per heavy atom. The molecule has 33 heavy (non-hydrogen) atoms. The summed E-state index contributed by atoms with van der Waals surface area (Å²) >= 11 is 0. The van der Waals surface area contributed by atoms with E-state index in [4.69, 9.17) is 9.47 Å². The molecular weight excluding hydrogens is 414 g/mol. The van der Waals surface area contributed by atoms with Crippen LogP contribution >= 0.6 is 0 Å². The maximum absolute atomic E-state index is 11.8. The van der Waals surface area contributed by atoms with E-state index in [-0.39, 0.29) is 11.8 Å². The standard InChI is InChI=1S/C28H35NO4/c1-2-23-11-15-25(16-12-23)32-21-9-7-5-3-4-6-8-10-22-33-26-17-13-24(14-18-26)29-27(30)19-20-28(29)31/h2,11-18H,1,3-10,19-22H2. The molecule has 0 saturated carbocycles. The lowest BCUT2D eigenvalue weighted by molar-refractivity contribution is -0.121. The number of hydrogen-bond acceptors (Lipinski definition) is 4. The molecule has 0 radical (unpaired) electrons. The van der Waals surface area contributed by atoms with Gasteiger partial charge < -0.3 is 9.47 Å². The maximum Gasteiger partial charge on any atom is 0.234 e. The smallest absolute Gasteiger partial charge is 0.234 e. The molecule has 0 spiro atoms. The predicted molar refractivity (Wildman–Crippen MR) is 133 cm³/mol. The van der Waals surface area contributed by atoms with E-state index in [1.54, 1.807) is 12.1 Å². The van der Waals surface area contributed by atoms with Crippen molar-refractivity contribution in [2.45, 2.75) is 64.2 Å². The van der Waals surface area contributed by atoms with Crippen LogP contribution in [0.5, 0.6) is 11.5 Å². The van der Waals surface area contributed by atoms with Crippen molar-refractivity contribution in [2.24, 2.45) is 0 Å². The first-order chi connectivity index (χ1) is 16.2. The Morgan fingerprint density at radius 3 is 1.55 bits per heavy atom. The zero-order valence-electron chi connectivity index (χ0n) is 19.5. The number of nitrogens with zero attached hydrogens (tertiary/aromatic N) is 1. The van der Waals surface area contributed by atoms with Gasteiger partial charge in [-0.15, -0.1) is 0 Å². The molecule has 2 aromatic carbocycles. The number of anilines is 1. The average molecular weight is 450 g/mol. The molecule has 1 heterocycles. The molecule has 3 rings (SSSR count). The number of unbranched alkanes of at least 4 members (excludes halogenated alkanes) is 7. The zero-order chi connectivity index (χ0) is 23.3.